The second-order valence-corrected chi connectivity index (χ2v) is 7.59. The molecule has 0 aromatic carbocycles. The van der Waals surface area contributed by atoms with Gasteiger partial charge in [-0.2, -0.15) is 14.9 Å². The number of fused-ring (bicyclic) bond motifs is 1. The minimum Gasteiger partial charge on any atom is -0.389 e. The summed E-state index contributed by atoms with van der Waals surface area (Å²) >= 11 is 5.88. The fourth-order valence-corrected chi connectivity index (χ4v) is 3.72. The zero-order valence-corrected chi connectivity index (χ0v) is 17.5. The second-order valence-electron chi connectivity index (χ2n) is 7.18. The molecule has 4 rings (SSSR count). The average molecular weight is 461 g/mol. The first-order valence-electron chi connectivity index (χ1n) is 9.45. The third kappa shape index (κ3) is 3.59. The number of allylic oxidation sites excluding steroid dienone is 5. The fraction of sp³-hybridized carbons (Fsp3) is 0.238. The van der Waals surface area contributed by atoms with E-state index in [2.05, 4.69) is 21.7 Å². The number of nitriles is 1. The molecule has 164 valence electrons. The molecule has 3 heterocycles. The Balaban J connectivity index is 2.01. The number of aliphatic hydroxyl groups excluding tert-OH is 1. The van der Waals surface area contributed by atoms with Crippen molar-refractivity contribution < 1.29 is 18.3 Å². The summed E-state index contributed by atoms with van der Waals surface area (Å²) < 4.78 is 42.4. The van der Waals surface area contributed by atoms with Gasteiger partial charge in [0.15, 0.2) is 5.65 Å². The van der Waals surface area contributed by atoms with E-state index in [1.165, 1.54) is 22.9 Å². The SMILES string of the molecule is C=CN=C1C=C(Cl)C(F)=C/C1=C\c1c(C)nc2c(C#N)c(C(F)F)nn2c1N1CC(O)C1. The normalized spacial score (nSPS) is 19.4. The van der Waals surface area contributed by atoms with E-state index in [9.17, 15) is 23.5 Å². The Kier molecular flexibility index (Phi) is 5.62. The largest absolute Gasteiger partial charge is 0.389 e. The van der Waals surface area contributed by atoms with Gasteiger partial charge in [0.05, 0.1) is 22.5 Å². The molecule has 0 spiro atoms. The van der Waals surface area contributed by atoms with Crippen molar-refractivity contribution in [3.05, 3.63) is 63.9 Å². The lowest BCUT2D eigenvalue weighted by molar-refractivity contribution is 0.139. The van der Waals surface area contributed by atoms with Gasteiger partial charge >= 0.3 is 0 Å². The Morgan fingerprint density at radius 1 is 1.41 bits per heavy atom. The first-order chi connectivity index (χ1) is 15.2. The third-order valence-corrected chi connectivity index (χ3v) is 5.36. The van der Waals surface area contributed by atoms with Gasteiger partial charge in [-0.05, 0) is 25.2 Å². The zero-order valence-electron chi connectivity index (χ0n) is 16.7. The van der Waals surface area contributed by atoms with Crippen LogP contribution >= 0.6 is 11.6 Å². The molecule has 2 aliphatic rings. The molecular weight excluding hydrogens is 445 g/mol. The molecule has 7 nitrogen and oxygen atoms in total. The van der Waals surface area contributed by atoms with E-state index in [0.717, 1.165) is 0 Å². The molecule has 0 radical (unpaired) electrons. The molecule has 2 aromatic heterocycles. The minimum atomic E-state index is -2.97. The predicted molar refractivity (Wildman–Crippen MR) is 114 cm³/mol. The maximum absolute atomic E-state index is 14.2. The van der Waals surface area contributed by atoms with E-state index in [0.29, 0.717) is 28.4 Å². The van der Waals surface area contributed by atoms with Crippen LogP contribution in [0.3, 0.4) is 0 Å². The van der Waals surface area contributed by atoms with E-state index in [-0.39, 0.29) is 29.3 Å². The number of halogens is 4. The van der Waals surface area contributed by atoms with Gasteiger partial charge in [0.1, 0.15) is 29.0 Å². The van der Waals surface area contributed by atoms with Gasteiger partial charge in [0, 0.05) is 30.4 Å². The van der Waals surface area contributed by atoms with Crippen LogP contribution in [0, 0.1) is 18.3 Å². The zero-order chi connectivity index (χ0) is 23.2. The summed E-state index contributed by atoms with van der Waals surface area (Å²) in [5.74, 6) is -0.319. The van der Waals surface area contributed by atoms with Crippen molar-refractivity contribution in [1.82, 2.24) is 14.6 Å². The van der Waals surface area contributed by atoms with Gasteiger partial charge in [0.2, 0.25) is 0 Å². The molecule has 1 fully saturated rings. The van der Waals surface area contributed by atoms with Gasteiger partial charge < -0.3 is 10.0 Å². The number of nitrogens with zero attached hydrogens (tertiary/aromatic N) is 6. The number of hydrogen-bond acceptors (Lipinski definition) is 6. The molecule has 0 atom stereocenters. The lowest BCUT2D eigenvalue weighted by Gasteiger charge is -2.38. The number of β-amino-alcohol motifs (C(OH)–C–C–N with tert-alkyl or cyclic N) is 1. The van der Waals surface area contributed by atoms with Crippen LogP contribution in [-0.4, -0.2) is 44.6 Å². The summed E-state index contributed by atoms with van der Waals surface area (Å²) in [5, 5.41) is 23.1. The van der Waals surface area contributed by atoms with E-state index in [4.69, 9.17) is 11.6 Å². The number of aromatic nitrogens is 3. The summed E-state index contributed by atoms with van der Waals surface area (Å²) in [6, 6.07) is 1.75. The summed E-state index contributed by atoms with van der Waals surface area (Å²) in [6.45, 7) is 5.64. The van der Waals surface area contributed by atoms with Crippen LogP contribution in [-0.2, 0) is 0 Å². The summed E-state index contributed by atoms with van der Waals surface area (Å²) in [7, 11) is 0. The van der Waals surface area contributed by atoms with Crippen molar-refractivity contribution in [2.24, 2.45) is 4.99 Å². The Labute approximate surface area is 185 Å². The Morgan fingerprint density at radius 3 is 2.72 bits per heavy atom. The molecule has 11 heteroatoms. The molecule has 1 aliphatic heterocycles. The monoisotopic (exact) mass is 460 g/mol. The molecule has 1 N–H and O–H groups in total. The Bertz CT molecular complexity index is 1300. The standard InChI is InChI=1S/C21H16ClF3N6O/c1-3-27-17-6-15(22)16(23)5-11(17)4-13-10(2)28-20-14(7-26)18(19(24)25)29-31(20)21(13)30-8-12(32)9-30/h3-6,12,19,32H,1,8-9H2,2H3/b11-4+,27-17?. The number of aliphatic hydroxyl groups is 1. The molecule has 32 heavy (non-hydrogen) atoms. The van der Waals surface area contributed by atoms with E-state index >= 15 is 0 Å². The van der Waals surface area contributed by atoms with Gasteiger partial charge in [-0.3, -0.25) is 4.99 Å². The summed E-state index contributed by atoms with van der Waals surface area (Å²) in [4.78, 5) is 10.2. The first-order valence-corrected chi connectivity index (χ1v) is 9.83. The number of rotatable bonds is 4. The van der Waals surface area contributed by atoms with Crippen molar-refractivity contribution in [3.63, 3.8) is 0 Å². The molecule has 1 saturated heterocycles. The number of alkyl halides is 2. The molecule has 0 saturated carbocycles. The molecule has 0 bridgehead atoms. The van der Waals surface area contributed by atoms with Crippen LogP contribution in [0.15, 0.2) is 46.4 Å². The first kappa shape index (κ1) is 21.8. The van der Waals surface area contributed by atoms with Crippen molar-refractivity contribution in [2.75, 3.05) is 18.0 Å². The smallest absolute Gasteiger partial charge is 0.283 e. The van der Waals surface area contributed by atoms with Crippen molar-refractivity contribution in [3.8, 4) is 6.07 Å². The van der Waals surface area contributed by atoms with Gasteiger partial charge in [-0.15, -0.1) is 0 Å². The van der Waals surface area contributed by atoms with Crippen LogP contribution in [0.2, 0.25) is 0 Å². The molecular formula is C21H16ClF3N6O. The van der Waals surface area contributed by atoms with Crippen molar-refractivity contribution in [1.29, 1.82) is 5.26 Å². The van der Waals surface area contributed by atoms with Crippen LogP contribution < -0.4 is 4.90 Å². The fourth-order valence-electron chi connectivity index (χ4n) is 3.57. The minimum absolute atomic E-state index is 0.0212. The Morgan fingerprint density at radius 2 is 2.12 bits per heavy atom. The van der Waals surface area contributed by atoms with Crippen molar-refractivity contribution in [2.45, 2.75) is 19.5 Å². The van der Waals surface area contributed by atoms with Crippen LogP contribution in [0.25, 0.3) is 11.7 Å². The number of hydrogen-bond donors (Lipinski definition) is 1. The quantitative estimate of drug-likeness (QED) is 0.745. The van der Waals surface area contributed by atoms with Crippen LogP contribution in [0.1, 0.15) is 28.9 Å². The van der Waals surface area contributed by atoms with E-state index in [1.807, 2.05) is 0 Å². The summed E-state index contributed by atoms with van der Waals surface area (Å²) in [6.07, 6.45) is 1.82. The van der Waals surface area contributed by atoms with Crippen molar-refractivity contribution >= 4 is 34.9 Å². The van der Waals surface area contributed by atoms with Crippen LogP contribution in [0.5, 0.6) is 0 Å². The summed E-state index contributed by atoms with van der Waals surface area (Å²) in [5.41, 5.74) is 0.500. The van der Waals surface area contributed by atoms with E-state index in [1.54, 1.807) is 24.0 Å². The highest BCUT2D eigenvalue weighted by molar-refractivity contribution is 6.35. The molecule has 1 aliphatic carbocycles. The Hall–Kier alpha value is -3.42. The molecule has 0 unspecified atom stereocenters. The highest BCUT2D eigenvalue weighted by Gasteiger charge is 2.32. The third-order valence-electron chi connectivity index (χ3n) is 5.07. The maximum Gasteiger partial charge on any atom is 0.283 e. The number of anilines is 1. The lowest BCUT2D eigenvalue weighted by Crippen LogP contribution is -2.52. The molecule has 0 amide bonds. The average Bonchev–Trinajstić information content (AvgIpc) is 3.08. The highest BCUT2D eigenvalue weighted by atomic mass is 35.5. The van der Waals surface area contributed by atoms with Gasteiger partial charge in [-0.25, -0.2) is 18.2 Å². The predicted octanol–water partition coefficient (Wildman–Crippen LogP) is 3.99. The van der Waals surface area contributed by atoms with Gasteiger partial charge in [0.25, 0.3) is 6.43 Å². The topological polar surface area (TPSA) is 89.8 Å². The maximum atomic E-state index is 14.2. The number of aliphatic imine (C=N–C) groups is 1. The second kappa shape index (κ2) is 8.26. The lowest BCUT2D eigenvalue weighted by atomic mass is 10.00. The highest BCUT2D eigenvalue weighted by Crippen LogP contribution is 2.35. The van der Waals surface area contributed by atoms with Crippen LogP contribution in [0.4, 0.5) is 19.0 Å². The van der Waals surface area contributed by atoms with E-state index < -0.39 is 24.1 Å². The van der Waals surface area contributed by atoms with Gasteiger partial charge in [-0.1, -0.05) is 18.2 Å². The number of aryl methyl sites for hydroxylation is 1. The molecule has 2 aromatic rings.